The lowest BCUT2D eigenvalue weighted by molar-refractivity contribution is 0.167. The van der Waals surface area contributed by atoms with Gasteiger partial charge < -0.3 is 14.6 Å². The maximum absolute atomic E-state index is 10.1. The molecule has 2 aromatic carbocycles. The van der Waals surface area contributed by atoms with Crippen molar-refractivity contribution in [3.8, 4) is 17.2 Å². The molecule has 2 aromatic rings. The normalized spacial score (nSPS) is 11.9. The first-order valence-corrected chi connectivity index (χ1v) is 6.92. The van der Waals surface area contributed by atoms with Crippen LogP contribution >= 0.6 is 0 Å². The van der Waals surface area contributed by atoms with Crippen molar-refractivity contribution in [1.29, 1.82) is 0 Å². The maximum Gasteiger partial charge on any atom is 0.128 e. The number of hydrogen-bond donors (Lipinski definition) is 1. The van der Waals surface area contributed by atoms with E-state index in [0.717, 1.165) is 11.3 Å². The third kappa shape index (κ3) is 3.52. The molecule has 1 unspecified atom stereocenters. The molecule has 1 atom stereocenters. The minimum Gasteiger partial charge on any atom is -0.493 e. The van der Waals surface area contributed by atoms with Gasteiger partial charge in [0.2, 0.25) is 0 Å². The molecule has 20 heavy (non-hydrogen) atoms. The molecule has 0 aliphatic heterocycles. The van der Waals surface area contributed by atoms with Gasteiger partial charge in [-0.1, -0.05) is 25.1 Å². The van der Waals surface area contributed by atoms with Crippen molar-refractivity contribution in [2.24, 2.45) is 0 Å². The summed E-state index contributed by atoms with van der Waals surface area (Å²) in [5, 5.41) is 10.1. The summed E-state index contributed by atoms with van der Waals surface area (Å²) >= 11 is 0. The smallest absolute Gasteiger partial charge is 0.128 e. The SMILES string of the molecule is CCOc1ccc(Oc2ccccc2)cc1C(O)CC. The second-order valence-electron chi connectivity index (χ2n) is 4.47. The summed E-state index contributed by atoms with van der Waals surface area (Å²) in [6, 6.07) is 15.1. The molecule has 0 spiro atoms. The van der Waals surface area contributed by atoms with Gasteiger partial charge in [0.05, 0.1) is 12.7 Å². The van der Waals surface area contributed by atoms with E-state index in [9.17, 15) is 5.11 Å². The van der Waals surface area contributed by atoms with Gasteiger partial charge in [-0.25, -0.2) is 0 Å². The zero-order valence-corrected chi connectivity index (χ0v) is 11.9. The lowest BCUT2D eigenvalue weighted by Gasteiger charge is -2.16. The summed E-state index contributed by atoms with van der Waals surface area (Å²) < 4.78 is 11.3. The van der Waals surface area contributed by atoms with Crippen LogP contribution in [0.4, 0.5) is 0 Å². The van der Waals surface area contributed by atoms with Crippen LogP contribution in [0.3, 0.4) is 0 Å². The predicted octanol–water partition coefficient (Wildman–Crippen LogP) is 4.32. The first kappa shape index (κ1) is 14.4. The number of hydrogen-bond acceptors (Lipinski definition) is 3. The molecule has 106 valence electrons. The van der Waals surface area contributed by atoms with Gasteiger partial charge in [-0.3, -0.25) is 0 Å². The average molecular weight is 272 g/mol. The molecule has 1 N–H and O–H groups in total. The van der Waals surface area contributed by atoms with E-state index in [1.54, 1.807) is 0 Å². The number of para-hydroxylation sites is 1. The fraction of sp³-hybridized carbons (Fsp3) is 0.294. The summed E-state index contributed by atoms with van der Waals surface area (Å²) in [4.78, 5) is 0. The molecule has 0 aromatic heterocycles. The molecular formula is C17H20O3. The first-order chi connectivity index (χ1) is 9.74. The molecule has 0 radical (unpaired) electrons. The molecule has 0 heterocycles. The molecule has 0 amide bonds. The zero-order chi connectivity index (χ0) is 14.4. The molecule has 2 rings (SSSR count). The van der Waals surface area contributed by atoms with Gasteiger partial charge in [0.1, 0.15) is 17.2 Å². The molecular weight excluding hydrogens is 252 g/mol. The molecule has 0 saturated heterocycles. The highest BCUT2D eigenvalue weighted by atomic mass is 16.5. The van der Waals surface area contributed by atoms with E-state index in [2.05, 4.69) is 0 Å². The zero-order valence-electron chi connectivity index (χ0n) is 11.9. The Kier molecular flexibility index (Phi) is 5.02. The fourth-order valence-electron chi connectivity index (χ4n) is 1.98. The van der Waals surface area contributed by atoms with Crippen LogP contribution in [0, 0.1) is 0 Å². The topological polar surface area (TPSA) is 38.7 Å². The summed E-state index contributed by atoms with van der Waals surface area (Å²) in [5.41, 5.74) is 0.766. The highest BCUT2D eigenvalue weighted by molar-refractivity contribution is 5.43. The van der Waals surface area contributed by atoms with E-state index in [-0.39, 0.29) is 0 Å². The van der Waals surface area contributed by atoms with Crippen molar-refractivity contribution >= 4 is 0 Å². The van der Waals surface area contributed by atoms with Crippen LogP contribution in [-0.2, 0) is 0 Å². The summed E-state index contributed by atoms with van der Waals surface area (Å²) in [6.07, 6.45) is 0.0883. The van der Waals surface area contributed by atoms with Crippen LogP contribution in [-0.4, -0.2) is 11.7 Å². The van der Waals surface area contributed by atoms with Crippen molar-refractivity contribution in [1.82, 2.24) is 0 Å². The van der Waals surface area contributed by atoms with Crippen molar-refractivity contribution < 1.29 is 14.6 Å². The van der Waals surface area contributed by atoms with Crippen molar-refractivity contribution in [3.05, 3.63) is 54.1 Å². The van der Waals surface area contributed by atoms with Crippen LogP contribution < -0.4 is 9.47 Å². The first-order valence-electron chi connectivity index (χ1n) is 6.92. The Bertz CT molecular complexity index is 537. The molecule has 3 heteroatoms. The van der Waals surface area contributed by atoms with Crippen molar-refractivity contribution in [2.75, 3.05) is 6.61 Å². The molecule has 0 aliphatic rings. The standard InChI is InChI=1S/C17H20O3/c1-3-16(18)15-12-14(10-11-17(15)19-4-2)20-13-8-6-5-7-9-13/h5-12,16,18H,3-4H2,1-2H3. The Morgan fingerprint density at radius 2 is 1.75 bits per heavy atom. The minimum absolute atomic E-state index is 0.545. The third-order valence-corrected chi connectivity index (χ3v) is 3.01. The number of aliphatic hydroxyl groups is 1. The van der Waals surface area contributed by atoms with Crippen molar-refractivity contribution in [2.45, 2.75) is 26.4 Å². The monoisotopic (exact) mass is 272 g/mol. The highest BCUT2D eigenvalue weighted by Crippen LogP contribution is 2.32. The second kappa shape index (κ2) is 6.96. The number of aliphatic hydroxyl groups excluding tert-OH is 1. The summed E-state index contributed by atoms with van der Waals surface area (Å²) in [5.74, 6) is 2.18. The minimum atomic E-state index is -0.545. The van der Waals surface area contributed by atoms with Gasteiger partial charge in [-0.15, -0.1) is 0 Å². The maximum atomic E-state index is 10.1. The Labute approximate surface area is 119 Å². The van der Waals surface area contributed by atoms with Crippen LogP contribution in [0.1, 0.15) is 31.9 Å². The number of ether oxygens (including phenoxy) is 2. The largest absolute Gasteiger partial charge is 0.493 e. The third-order valence-electron chi connectivity index (χ3n) is 3.01. The van der Waals surface area contributed by atoms with Gasteiger partial charge in [0.15, 0.2) is 0 Å². The summed E-state index contributed by atoms with van der Waals surface area (Å²) in [7, 11) is 0. The van der Waals surface area contributed by atoms with E-state index < -0.39 is 6.10 Å². The average Bonchev–Trinajstić information content (AvgIpc) is 2.49. The van der Waals surface area contributed by atoms with Gasteiger partial charge in [0.25, 0.3) is 0 Å². The van der Waals surface area contributed by atoms with E-state index in [1.165, 1.54) is 0 Å². The quantitative estimate of drug-likeness (QED) is 0.851. The highest BCUT2D eigenvalue weighted by Gasteiger charge is 2.13. The fourth-order valence-corrected chi connectivity index (χ4v) is 1.98. The summed E-state index contributed by atoms with van der Waals surface area (Å²) in [6.45, 7) is 4.43. The molecule has 0 fully saturated rings. The van der Waals surface area contributed by atoms with E-state index in [0.29, 0.717) is 24.5 Å². The Morgan fingerprint density at radius 1 is 1.00 bits per heavy atom. The Hall–Kier alpha value is -2.00. The van der Waals surface area contributed by atoms with Gasteiger partial charge in [0, 0.05) is 5.56 Å². The van der Waals surface area contributed by atoms with Crippen LogP contribution in [0.25, 0.3) is 0 Å². The predicted molar refractivity (Wildman–Crippen MR) is 79.4 cm³/mol. The van der Waals surface area contributed by atoms with E-state index in [4.69, 9.17) is 9.47 Å². The van der Waals surface area contributed by atoms with Crippen molar-refractivity contribution in [3.63, 3.8) is 0 Å². The lowest BCUT2D eigenvalue weighted by Crippen LogP contribution is -2.02. The number of benzene rings is 2. The van der Waals surface area contributed by atoms with Gasteiger partial charge in [-0.05, 0) is 43.7 Å². The second-order valence-corrected chi connectivity index (χ2v) is 4.47. The van der Waals surface area contributed by atoms with Crippen LogP contribution in [0.15, 0.2) is 48.5 Å². The van der Waals surface area contributed by atoms with Crippen LogP contribution in [0.5, 0.6) is 17.2 Å². The van der Waals surface area contributed by atoms with Gasteiger partial charge in [-0.2, -0.15) is 0 Å². The molecule has 0 saturated carbocycles. The molecule has 0 aliphatic carbocycles. The van der Waals surface area contributed by atoms with E-state index >= 15 is 0 Å². The van der Waals surface area contributed by atoms with Gasteiger partial charge >= 0.3 is 0 Å². The number of rotatable bonds is 6. The lowest BCUT2D eigenvalue weighted by atomic mass is 10.1. The van der Waals surface area contributed by atoms with Crippen LogP contribution in [0.2, 0.25) is 0 Å². The molecule has 3 nitrogen and oxygen atoms in total. The van der Waals surface area contributed by atoms with E-state index in [1.807, 2.05) is 62.4 Å². The Morgan fingerprint density at radius 3 is 2.40 bits per heavy atom. The Balaban J connectivity index is 2.27. The molecule has 0 bridgehead atoms.